The molecule has 1 heterocycles. The monoisotopic (exact) mass is 157 g/mol. The zero-order valence-corrected chi connectivity index (χ0v) is 6.23. The Labute approximate surface area is 62.1 Å². The normalized spacial score (nSPS) is 9.70. The summed E-state index contributed by atoms with van der Waals surface area (Å²) in [6.07, 6.45) is 0. The molecule has 0 aromatic carbocycles. The third-order valence-corrected chi connectivity index (χ3v) is 2.19. The van der Waals surface area contributed by atoms with E-state index in [0.717, 1.165) is 0 Å². The number of thiophene rings is 1. The Morgan fingerprint density at radius 3 is 2.60 bits per heavy atom. The second kappa shape index (κ2) is 2.30. The Balaban J connectivity index is 3.10. The number of nitrogens with two attached hydrogens (primary N) is 1. The van der Waals surface area contributed by atoms with E-state index in [1.165, 1.54) is 17.4 Å². The first kappa shape index (κ1) is 7.08. The third-order valence-electron chi connectivity index (χ3n) is 1.13. The summed E-state index contributed by atoms with van der Waals surface area (Å²) in [7, 11) is 0. The van der Waals surface area contributed by atoms with E-state index in [2.05, 4.69) is 0 Å². The Bertz CT molecular complexity index is 247. The Hall–Kier alpha value is -1.03. The molecule has 0 aliphatic rings. The summed E-state index contributed by atoms with van der Waals surface area (Å²) < 4.78 is 0. The molecule has 0 aliphatic heterocycles. The van der Waals surface area contributed by atoms with Crippen LogP contribution in [0.2, 0.25) is 0 Å². The fourth-order valence-electron chi connectivity index (χ4n) is 0.594. The van der Waals surface area contributed by atoms with Crippen LogP contribution in [0.25, 0.3) is 0 Å². The highest BCUT2D eigenvalue weighted by atomic mass is 32.1. The Morgan fingerprint density at radius 2 is 2.40 bits per heavy atom. The fourth-order valence-corrected chi connectivity index (χ4v) is 1.36. The minimum atomic E-state index is -0.492. The summed E-state index contributed by atoms with van der Waals surface area (Å²) in [4.78, 5) is 11.6. The molecule has 0 saturated heterocycles. The topological polar surface area (TPSA) is 63.3 Å². The van der Waals surface area contributed by atoms with Crippen LogP contribution in [0.15, 0.2) is 6.07 Å². The molecule has 0 fully saturated rings. The molecular weight excluding hydrogens is 150 g/mol. The molecule has 0 atom stereocenters. The van der Waals surface area contributed by atoms with Gasteiger partial charge >= 0.3 is 0 Å². The van der Waals surface area contributed by atoms with Crippen LogP contribution in [0.1, 0.15) is 14.5 Å². The van der Waals surface area contributed by atoms with E-state index in [1.54, 1.807) is 6.92 Å². The van der Waals surface area contributed by atoms with E-state index in [1.807, 2.05) is 0 Å². The number of hydrogen-bond donors (Lipinski definition) is 2. The molecule has 1 aromatic heterocycles. The molecule has 1 aromatic rings. The highest BCUT2D eigenvalue weighted by molar-refractivity contribution is 7.14. The largest absolute Gasteiger partial charge is 0.507 e. The Morgan fingerprint density at radius 1 is 1.80 bits per heavy atom. The van der Waals surface area contributed by atoms with Gasteiger partial charge in [0.05, 0.1) is 4.88 Å². The smallest absolute Gasteiger partial charge is 0.258 e. The van der Waals surface area contributed by atoms with E-state index in [9.17, 15) is 4.79 Å². The van der Waals surface area contributed by atoms with Crippen molar-refractivity contribution in [3.63, 3.8) is 0 Å². The molecule has 0 spiro atoms. The van der Waals surface area contributed by atoms with Crippen molar-refractivity contribution in [3.05, 3.63) is 15.8 Å². The maximum Gasteiger partial charge on any atom is 0.258 e. The van der Waals surface area contributed by atoms with Crippen molar-refractivity contribution >= 4 is 17.2 Å². The number of aromatic hydroxyl groups is 1. The van der Waals surface area contributed by atoms with Crippen LogP contribution in [-0.4, -0.2) is 11.0 Å². The Kier molecular flexibility index (Phi) is 1.63. The van der Waals surface area contributed by atoms with Crippen molar-refractivity contribution < 1.29 is 9.90 Å². The molecule has 0 bridgehead atoms. The van der Waals surface area contributed by atoms with Crippen LogP contribution in [-0.2, 0) is 0 Å². The lowest BCUT2D eigenvalue weighted by molar-refractivity contribution is 0.100. The summed E-state index contributed by atoms with van der Waals surface area (Å²) >= 11 is 1.20. The van der Waals surface area contributed by atoms with E-state index in [4.69, 9.17) is 10.8 Å². The highest BCUT2D eigenvalue weighted by Crippen LogP contribution is 2.26. The second-order valence-corrected chi connectivity index (χ2v) is 3.17. The average molecular weight is 157 g/mol. The summed E-state index contributed by atoms with van der Waals surface area (Å²) in [6.45, 7) is 1.73. The van der Waals surface area contributed by atoms with Crippen molar-refractivity contribution in [1.29, 1.82) is 0 Å². The summed E-state index contributed by atoms with van der Waals surface area (Å²) in [5.74, 6) is -0.354. The van der Waals surface area contributed by atoms with Crippen LogP contribution in [0, 0.1) is 6.92 Å². The molecule has 0 saturated carbocycles. The van der Waals surface area contributed by atoms with E-state index in [-0.39, 0.29) is 5.75 Å². The van der Waals surface area contributed by atoms with Gasteiger partial charge in [-0.15, -0.1) is 11.3 Å². The van der Waals surface area contributed by atoms with Gasteiger partial charge < -0.3 is 10.8 Å². The molecule has 1 amide bonds. The molecule has 3 nitrogen and oxygen atoms in total. The summed E-state index contributed by atoms with van der Waals surface area (Å²) in [5.41, 5.74) is 4.96. The predicted molar refractivity (Wildman–Crippen MR) is 39.2 cm³/mol. The standard InChI is InChI=1S/C6H7NO2S/c1-3-4(8)2-5(10-3)6(7)9/h2,8H,1H3,(H2,7,9). The third kappa shape index (κ3) is 1.11. The SMILES string of the molecule is Cc1sc(C(N)=O)cc1O. The number of primary amides is 1. The predicted octanol–water partition coefficient (Wildman–Crippen LogP) is 0.861. The van der Waals surface area contributed by atoms with Crippen LogP contribution in [0.4, 0.5) is 0 Å². The number of carbonyl (C=O) groups excluding carboxylic acids is 1. The molecule has 4 heteroatoms. The number of hydrogen-bond acceptors (Lipinski definition) is 3. The maximum absolute atomic E-state index is 10.5. The lowest BCUT2D eigenvalue weighted by atomic mass is 10.4. The van der Waals surface area contributed by atoms with Crippen LogP contribution >= 0.6 is 11.3 Å². The molecule has 0 unspecified atom stereocenters. The quantitative estimate of drug-likeness (QED) is 0.635. The first-order valence-corrected chi connectivity index (χ1v) is 3.52. The van der Waals surface area contributed by atoms with Gasteiger partial charge in [0.25, 0.3) is 5.91 Å². The van der Waals surface area contributed by atoms with Gasteiger partial charge in [-0.25, -0.2) is 0 Å². The molecule has 0 aliphatic carbocycles. The van der Waals surface area contributed by atoms with Crippen LogP contribution < -0.4 is 5.73 Å². The van der Waals surface area contributed by atoms with E-state index in [0.29, 0.717) is 9.75 Å². The highest BCUT2D eigenvalue weighted by Gasteiger charge is 2.07. The molecule has 0 radical (unpaired) electrons. The number of rotatable bonds is 1. The van der Waals surface area contributed by atoms with Gasteiger partial charge in [0, 0.05) is 10.9 Å². The van der Waals surface area contributed by atoms with Gasteiger partial charge in [-0.1, -0.05) is 0 Å². The second-order valence-electron chi connectivity index (χ2n) is 1.92. The minimum absolute atomic E-state index is 0.138. The van der Waals surface area contributed by atoms with Crippen LogP contribution in [0.5, 0.6) is 5.75 Å². The number of carbonyl (C=O) groups is 1. The zero-order valence-electron chi connectivity index (χ0n) is 5.42. The molecule has 1 rings (SSSR count). The van der Waals surface area contributed by atoms with Crippen molar-refractivity contribution in [2.45, 2.75) is 6.92 Å². The zero-order chi connectivity index (χ0) is 7.72. The van der Waals surface area contributed by atoms with Gasteiger partial charge in [0.15, 0.2) is 0 Å². The molecule has 3 N–H and O–H groups in total. The van der Waals surface area contributed by atoms with Gasteiger partial charge in [-0.05, 0) is 6.92 Å². The van der Waals surface area contributed by atoms with Crippen molar-refractivity contribution in [2.75, 3.05) is 0 Å². The van der Waals surface area contributed by atoms with E-state index >= 15 is 0 Å². The fraction of sp³-hybridized carbons (Fsp3) is 0.167. The summed E-state index contributed by atoms with van der Waals surface area (Å²) in [5, 5.41) is 8.99. The lowest BCUT2D eigenvalue weighted by Crippen LogP contribution is -2.07. The number of aryl methyl sites for hydroxylation is 1. The molecular formula is C6H7NO2S. The van der Waals surface area contributed by atoms with Gasteiger partial charge in [0.1, 0.15) is 5.75 Å². The molecule has 54 valence electrons. The van der Waals surface area contributed by atoms with Gasteiger partial charge in [-0.2, -0.15) is 0 Å². The average Bonchev–Trinajstić information content (AvgIpc) is 2.13. The van der Waals surface area contributed by atoms with Crippen LogP contribution in [0.3, 0.4) is 0 Å². The lowest BCUT2D eigenvalue weighted by Gasteiger charge is -1.80. The maximum atomic E-state index is 10.5. The van der Waals surface area contributed by atoms with E-state index < -0.39 is 5.91 Å². The molecule has 10 heavy (non-hydrogen) atoms. The van der Waals surface area contributed by atoms with Gasteiger partial charge in [-0.3, -0.25) is 4.79 Å². The minimum Gasteiger partial charge on any atom is -0.507 e. The van der Waals surface area contributed by atoms with Crippen molar-refractivity contribution in [1.82, 2.24) is 0 Å². The van der Waals surface area contributed by atoms with Crippen molar-refractivity contribution in [3.8, 4) is 5.75 Å². The number of amides is 1. The first-order chi connectivity index (χ1) is 4.61. The summed E-state index contributed by atoms with van der Waals surface area (Å²) in [6, 6.07) is 1.38. The van der Waals surface area contributed by atoms with Gasteiger partial charge in [0.2, 0.25) is 0 Å². The van der Waals surface area contributed by atoms with Crippen molar-refractivity contribution in [2.24, 2.45) is 5.73 Å². The first-order valence-electron chi connectivity index (χ1n) is 2.70.